The summed E-state index contributed by atoms with van der Waals surface area (Å²) in [7, 11) is -3.38. The third-order valence-electron chi connectivity index (χ3n) is 3.99. The van der Waals surface area contributed by atoms with Crippen LogP contribution in [-0.4, -0.2) is 41.6 Å². The van der Waals surface area contributed by atoms with Gasteiger partial charge in [0.25, 0.3) is 0 Å². The first-order chi connectivity index (χ1) is 8.84. The maximum atomic E-state index is 12.6. The lowest BCUT2D eigenvalue weighted by Gasteiger charge is -2.37. The summed E-state index contributed by atoms with van der Waals surface area (Å²) in [6.45, 7) is 5.84. The fourth-order valence-corrected chi connectivity index (χ4v) is 5.04. The van der Waals surface area contributed by atoms with Gasteiger partial charge in [-0.1, -0.05) is 20.3 Å². The lowest BCUT2D eigenvalue weighted by atomic mass is 9.96. The van der Waals surface area contributed by atoms with Gasteiger partial charge in [0.15, 0.2) is 0 Å². The van der Waals surface area contributed by atoms with Crippen LogP contribution in [-0.2, 0) is 14.8 Å². The van der Waals surface area contributed by atoms with Crippen molar-refractivity contribution in [2.24, 2.45) is 5.92 Å². The Hall–Kier alpha value is -0.620. The van der Waals surface area contributed by atoms with Crippen LogP contribution in [0.1, 0.15) is 52.9 Å². The lowest BCUT2D eigenvalue weighted by Crippen LogP contribution is -2.50. The van der Waals surface area contributed by atoms with Gasteiger partial charge in [-0.3, -0.25) is 4.79 Å². The van der Waals surface area contributed by atoms with Gasteiger partial charge >= 0.3 is 5.97 Å². The van der Waals surface area contributed by atoms with Crippen molar-refractivity contribution in [1.82, 2.24) is 4.31 Å². The molecule has 1 fully saturated rings. The minimum atomic E-state index is -3.38. The van der Waals surface area contributed by atoms with Crippen molar-refractivity contribution in [3.63, 3.8) is 0 Å². The maximum absolute atomic E-state index is 12.6. The third kappa shape index (κ3) is 3.69. The van der Waals surface area contributed by atoms with Gasteiger partial charge in [0.2, 0.25) is 10.0 Å². The second-order valence-electron chi connectivity index (χ2n) is 5.40. The Kier molecular flexibility index (Phi) is 5.80. The molecule has 1 heterocycles. The van der Waals surface area contributed by atoms with E-state index in [1.54, 1.807) is 0 Å². The summed E-state index contributed by atoms with van der Waals surface area (Å²) < 4.78 is 26.7. The second kappa shape index (κ2) is 6.70. The Morgan fingerprint density at radius 2 is 2.00 bits per heavy atom. The Balaban J connectivity index is 2.93. The number of sulfonamides is 1. The van der Waals surface area contributed by atoms with Crippen LogP contribution < -0.4 is 0 Å². The highest BCUT2D eigenvalue weighted by atomic mass is 32.2. The summed E-state index contributed by atoms with van der Waals surface area (Å²) in [5.41, 5.74) is 0. The molecule has 1 rings (SSSR count). The molecule has 112 valence electrons. The van der Waals surface area contributed by atoms with Gasteiger partial charge in [-0.05, 0) is 32.6 Å². The molecule has 1 saturated heterocycles. The Labute approximate surface area is 116 Å². The van der Waals surface area contributed by atoms with E-state index in [0.29, 0.717) is 25.7 Å². The number of carboxylic acid groups (broad SMARTS) is 1. The van der Waals surface area contributed by atoms with Crippen LogP contribution in [0.25, 0.3) is 0 Å². The molecule has 1 aliphatic heterocycles. The summed E-state index contributed by atoms with van der Waals surface area (Å²) in [5.74, 6) is -1.46. The number of hydrogen-bond acceptors (Lipinski definition) is 3. The van der Waals surface area contributed by atoms with Gasteiger partial charge in [-0.2, -0.15) is 4.31 Å². The molecular weight excluding hydrogens is 266 g/mol. The molecule has 0 amide bonds. The molecule has 0 aromatic rings. The normalized spacial score (nSPS) is 27.1. The van der Waals surface area contributed by atoms with Crippen LogP contribution >= 0.6 is 0 Å². The largest absolute Gasteiger partial charge is 0.481 e. The van der Waals surface area contributed by atoms with Crippen LogP contribution in [0.4, 0.5) is 0 Å². The average Bonchev–Trinajstić information content (AvgIpc) is 2.35. The smallest absolute Gasteiger partial charge is 0.307 e. The Morgan fingerprint density at radius 3 is 2.47 bits per heavy atom. The third-order valence-corrected chi connectivity index (χ3v) is 6.56. The number of piperidine rings is 1. The summed E-state index contributed by atoms with van der Waals surface area (Å²) in [6, 6.07) is -0.0912. The number of hydrogen-bond donors (Lipinski definition) is 1. The molecule has 3 unspecified atom stereocenters. The standard InChI is InChI=1S/C13H25NO4S/c1-4-6-12(5-2)19(17,18)14-9-11(13(15)16)8-7-10(14)3/h10-12H,4-9H2,1-3H3,(H,15,16). The zero-order valence-electron chi connectivity index (χ0n) is 12.0. The molecule has 0 spiro atoms. The number of rotatable bonds is 6. The van der Waals surface area contributed by atoms with E-state index in [9.17, 15) is 13.2 Å². The fraction of sp³-hybridized carbons (Fsp3) is 0.923. The first-order valence-electron chi connectivity index (χ1n) is 7.08. The SMILES string of the molecule is CCCC(CC)S(=O)(=O)N1CC(C(=O)O)CCC1C. The second-order valence-corrected chi connectivity index (χ2v) is 7.56. The highest BCUT2D eigenvalue weighted by Crippen LogP contribution is 2.28. The van der Waals surface area contributed by atoms with Gasteiger partial charge in [0.05, 0.1) is 11.2 Å². The van der Waals surface area contributed by atoms with Crippen molar-refractivity contribution in [3.8, 4) is 0 Å². The molecular formula is C13H25NO4S. The first-order valence-corrected chi connectivity index (χ1v) is 8.58. The van der Waals surface area contributed by atoms with E-state index >= 15 is 0 Å². The van der Waals surface area contributed by atoms with E-state index < -0.39 is 21.9 Å². The summed E-state index contributed by atoms with van der Waals surface area (Å²) in [4.78, 5) is 11.1. The highest BCUT2D eigenvalue weighted by molar-refractivity contribution is 7.89. The van der Waals surface area contributed by atoms with Crippen LogP contribution in [0.15, 0.2) is 0 Å². The van der Waals surface area contributed by atoms with E-state index in [1.165, 1.54) is 4.31 Å². The van der Waals surface area contributed by atoms with E-state index in [0.717, 1.165) is 6.42 Å². The average molecular weight is 291 g/mol. The molecule has 1 N–H and O–H groups in total. The predicted molar refractivity (Wildman–Crippen MR) is 74.4 cm³/mol. The minimum absolute atomic E-state index is 0.0912. The van der Waals surface area contributed by atoms with Gasteiger partial charge in [-0.25, -0.2) is 8.42 Å². The van der Waals surface area contributed by atoms with Crippen molar-refractivity contribution in [1.29, 1.82) is 0 Å². The molecule has 0 bridgehead atoms. The van der Waals surface area contributed by atoms with Gasteiger partial charge < -0.3 is 5.11 Å². The lowest BCUT2D eigenvalue weighted by molar-refractivity contribution is -0.143. The van der Waals surface area contributed by atoms with Crippen LogP contribution in [0.5, 0.6) is 0 Å². The topological polar surface area (TPSA) is 74.7 Å². The summed E-state index contributed by atoms with van der Waals surface area (Å²) in [5, 5.41) is 8.70. The molecule has 19 heavy (non-hydrogen) atoms. The molecule has 5 nitrogen and oxygen atoms in total. The van der Waals surface area contributed by atoms with E-state index in [1.807, 2.05) is 20.8 Å². The van der Waals surface area contributed by atoms with Crippen LogP contribution in [0.3, 0.4) is 0 Å². The molecule has 1 aliphatic rings. The fourth-order valence-electron chi connectivity index (χ4n) is 2.71. The molecule has 0 radical (unpaired) electrons. The molecule has 6 heteroatoms. The Morgan fingerprint density at radius 1 is 1.37 bits per heavy atom. The molecule has 0 aliphatic carbocycles. The number of carboxylic acids is 1. The summed E-state index contributed by atoms with van der Waals surface area (Å²) in [6.07, 6.45) is 3.23. The number of nitrogens with zero attached hydrogens (tertiary/aromatic N) is 1. The van der Waals surface area contributed by atoms with Crippen molar-refractivity contribution in [2.45, 2.75) is 64.2 Å². The van der Waals surface area contributed by atoms with Gasteiger partial charge in [0, 0.05) is 12.6 Å². The monoisotopic (exact) mass is 291 g/mol. The van der Waals surface area contributed by atoms with Crippen molar-refractivity contribution < 1.29 is 18.3 Å². The van der Waals surface area contributed by atoms with Gasteiger partial charge in [-0.15, -0.1) is 0 Å². The van der Waals surface area contributed by atoms with E-state index in [4.69, 9.17) is 5.11 Å². The van der Waals surface area contributed by atoms with Crippen molar-refractivity contribution in [2.75, 3.05) is 6.54 Å². The maximum Gasteiger partial charge on any atom is 0.307 e. The van der Waals surface area contributed by atoms with Crippen molar-refractivity contribution in [3.05, 3.63) is 0 Å². The molecule has 0 saturated carbocycles. The number of aliphatic carboxylic acids is 1. The predicted octanol–water partition coefficient (Wildman–Crippen LogP) is 2.08. The minimum Gasteiger partial charge on any atom is -0.481 e. The zero-order chi connectivity index (χ0) is 14.6. The summed E-state index contributed by atoms with van der Waals surface area (Å²) >= 11 is 0. The quantitative estimate of drug-likeness (QED) is 0.813. The first kappa shape index (κ1) is 16.4. The number of carbonyl (C=O) groups is 1. The zero-order valence-corrected chi connectivity index (χ0v) is 12.8. The highest BCUT2D eigenvalue weighted by Gasteiger charge is 2.39. The van der Waals surface area contributed by atoms with Crippen molar-refractivity contribution >= 4 is 16.0 Å². The van der Waals surface area contributed by atoms with Gasteiger partial charge in [0.1, 0.15) is 0 Å². The Bertz CT molecular complexity index is 407. The van der Waals surface area contributed by atoms with E-state index in [2.05, 4.69) is 0 Å². The van der Waals surface area contributed by atoms with E-state index in [-0.39, 0.29) is 17.8 Å². The van der Waals surface area contributed by atoms with Crippen LogP contribution in [0.2, 0.25) is 0 Å². The molecule has 0 aromatic carbocycles. The van der Waals surface area contributed by atoms with Crippen LogP contribution in [0, 0.1) is 5.92 Å². The molecule has 3 atom stereocenters. The molecule has 0 aromatic heterocycles.